The van der Waals surface area contributed by atoms with Crippen LogP contribution < -0.4 is 4.90 Å². The molecule has 1 unspecified atom stereocenters. The fourth-order valence-corrected chi connectivity index (χ4v) is 4.63. The molecule has 0 spiro atoms. The predicted molar refractivity (Wildman–Crippen MR) is 114 cm³/mol. The lowest BCUT2D eigenvalue weighted by Crippen LogP contribution is -2.31. The first-order valence-electron chi connectivity index (χ1n) is 9.67. The number of nitrogens with zero attached hydrogens (tertiary/aromatic N) is 2. The van der Waals surface area contributed by atoms with Crippen LogP contribution in [0.15, 0.2) is 59.9 Å². The van der Waals surface area contributed by atoms with Gasteiger partial charge in [-0.1, -0.05) is 18.2 Å². The topological polar surface area (TPSA) is 70.5 Å². The van der Waals surface area contributed by atoms with Gasteiger partial charge >= 0.3 is 6.18 Å². The largest absolute Gasteiger partial charge is 0.503 e. The van der Waals surface area contributed by atoms with E-state index in [9.17, 15) is 32.3 Å². The van der Waals surface area contributed by atoms with Crippen molar-refractivity contribution in [3.8, 4) is 0 Å². The SMILES string of the molecule is Cc1nc(C)c(C(=O)C2=C(O)C(=O)N(c3cccc(C(F)(F)F)c3)C2c2ccc(F)cc2)s1. The van der Waals surface area contributed by atoms with Gasteiger partial charge in [0.25, 0.3) is 5.91 Å². The van der Waals surface area contributed by atoms with Crippen LogP contribution in [0.25, 0.3) is 0 Å². The Kier molecular flexibility index (Phi) is 5.57. The zero-order valence-electron chi connectivity index (χ0n) is 17.3. The van der Waals surface area contributed by atoms with Crippen LogP contribution in [-0.2, 0) is 11.0 Å². The van der Waals surface area contributed by atoms with Crippen molar-refractivity contribution in [1.82, 2.24) is 4.98 Å². The first kappa shape index (κ1) is 22.7. The molecule has 0 bridgehead atoms. The highest BCUT2D eigenvalue weighted by Gasteiger charge is 2.45. The fraction of sp³-hybridized carbons (Fsp3) is 0.174. The summed E-state index contributed by atoms with van der Waals surface area (Å²) in [6.45, 7) is 3.29. The average molecular weight is 476 g/mol. The number of aliphatic hydroxyl groups excluding tert-OH is 1. The van der Waals surface area contributed by atoms with Crippen molar-refractivity contribution in [3.05, 3.63) is 92.4 Å². The number of anilines is 1. The zero-order valence-corrected chi connectivity index (χ0v) is 18.1. The monoisotopic (exact) mass is 476 g/mol. The molecule has 1 aliphatic heterocycles. The van der Waals surface area contributed by atoms with Gasteiger partial charge in [-0.3, -0.25) is 14.5 Å². The Morgan fingerprint density at radius 3 is 2.36 bits per heavy atom. The number of aryl methyl sites for hydroxylation is 2. The first-order chi connectivity index (χ1) is 15.5. The molecule has 0 saturated heterocycles. The minimum Gasteiger partial charge on any atom is -0.503 e. The Bertz CT molecular complexity index is 1300. The zero-order chi connectivity index (χ0) is 24.1. The molecule has 0 fully saturated rings. The van der Waals surface area contributed by atoms with Crippen molar-refractivity contribution in [1.29, 1.82) is 0 Å². The van der Waals surface area contributed by atoms with E-state index in [1.54, 1.807) is 13.8 Å². The van der Waals surface area contributed by atoms with E-state index < -0.39 is 41.0 Å². The molecule has 4 rings (SSSR count). The molecule has 1 aliphatic rings. The van der Waals surface area contributed by atoms with E-state index in [4.69, 9.17) is 0 Å². The van der Waals surface area contributed by atoms with Gasteiger partial charge in [-0.05, 0) is 49.7 Å². The van der Waals surface area contributed by atoms with Crippen LogP contribution >= 0.6 is 11.3 Å². The van der Waals surface area contributed by atoms with Gasteiger partial charge in [-0.2, -0.15) is 13.2 Å². The highest BCUT2D eigenvalue weighted by Crippen LogP contribution is 2.43. The normalized spacial score (nSPS) is 16.6. The summed E-state index contributed by atoms with van der Waals surface area (Å²) in [6, 6.07) is 7.56. The van der Waals surface area contributed by atoms with Gasteiger partial charge in [0.15, 0.2) is 5.76 Å². The molecule has 3 aromatic rings. The molecule has 1 amide bonds. The van der Waals surface area contributed by atoms with Gasteiger partial charge in [-0.15, -0.1) is 11.3 Å². The maximum absolute atomic E-state index is 13.6. The molecule has 1 aromatic heterocycles. The van der Waals surface area contributed by atoms with Crippen LogP contribution in [0.3, 0.4) is 0 Å². The standard InChI is InChI=1S/C23H16F4N2O3S/c1-11-21(33-12(2)28-11)19(30)17-18(13-6-8-15(24)9-7-13)29(22(32)20(17)31)16-5-3-4-14(10-16)23(25,26)27/h3-10,18,31H,1-2H3. The number of hydrogen-bond donors (Lipinski definition) is 1. The third-order valence-electron chi connectivity index (χ3n) is 5.20. The van der Waals surface area contributed by atoms with Crippen LogP contribution in [0, 0.1) is 19.7 Å². The fourth-order valence-electron chi connectivity index (χ4n) is 3.76. The number of Topliss-reactive ketones (excluding diaryl/α,β-unsaturated/α-hetero) is 1. The summed E-state index contributed by atoms with van der Waals surface area (Å²) in [4.78, 5) is 31.8. The number of carbonyl (C=O) groups is 2. The molecule has 0 aliphatic carbocycles. The Balaban J connectivity index is 1.90. The Morgan fingerprint density at radius 1 is 1.12 bits per heavy atom. The second kappa shape index (κ2) is 8.11. The summed E-state index contributed by atoms with van der Waals surface area (Å²) in [5.74, 6) is -3.17. The molecule has 2 aromatic carbocycles. The summed E-state index contributed by atoms with van der Waals surface area (Å²) in [7, 11) is 0. The van der Waals surface area contributed by atoms with Crippen LogP contribution in [-0.4, -0.2) is 21.8 Å². The molecule has 10 heteroatoms. The number of amides is 1. The number of rotatable bonds is 4. The third-order valence-corrected chi connectivity index (χ3v) is 6.27. The molecule has 2 heterocycles. The molecule has 0 saturated carbocycles. The van der Waals surface area contributed by atoms with Crippen LogP contribution in [0.1, 0.15) is 37.5 Å². The van der Waals surface area contributed by atoms with E-state index in [0.717, 1.165) is 46.6 Å². The van der Waals surface area contributed by atoms with Gasteiger partial charge in [-0.25, -0.2) is 9.37 Å². The summed E-state index contributed by atoms with van der Waals surface area (Å²) in [5, 5.41) is 11.3. The number of aromatic nitrogens is 1. The van der Waals surface area contributed by atoms with Crippen molar-refractivity contribution >= 4 is 28.7 Å². The molecule has 33 heavy (non-hydrogen) atoms. The number of thiazole rings is 1. The van der Waals surface area contributed by atoms with Crippen molar-refractivity contribution in [3.63, 3.8) is 0 Å². The van der Waals surface area contributed by atoms with Crippen LogP contribution in [0.4, 0.5) is 23.2 Å². The van der Waals surface area contributed by atoms with E-state index in [-0.39, 0.29) is 21.7 Å². The van der Waals surface area contributed by atoms with Gasteiger partial charge in [0.2, 0.25) is 5.78 Å². The van der Waals surface area contributed by atoms with E-state index >= 15 is 0 Å². The second-order valence-corrected chi connectivity index (χ2v) is 8.62. The van der Waals surface area contributed by atoms with Gasteiger partial charge in [0.05, 0.1) is 32.8 Å². The van der Waals surface area contributed by atoms with Crippen LogP contribution in [0.2, 0.25) is 0 Å². The highest BCUT2D eigenvalue weighted by atomic mass is 32.1. The van der Waals surface area contributed by atoms with Crippen molar-refractivity contribution in [2.45, 2.75) is 26.1 Å². The predicted octanol–water partition coefficient (Wildman–Crippen LogP) is 5.70. The smallest absolute Gasteiger partial charge is 0.416 e. The number of alkyl halides is 3. The molecule has 0 radical (unpaired) electrons. The minimum atomic E-state index is -4.67. The van der Waals surface area contributed by atoms with E-state index in [1.165, 1.54) is 18.2 Å². The maximum atomic E-state index is 13.6. The highest BCUT2D eigenvalue weighted by molar-refractivity contribution is 7.14. The van der Waals surface area contributed by atoms with Crippen molar-refractivity contribution < 1.29 is 32.3 Å². The lowest BCUT2D eigenvalue weighted by atomic mass is 9.94. The molecule has 1 N–H and O–H groups in total. The van der Waals surface area contributed by atoms with Gasteiger partial charge in [0.1, 0.15) is 5.82 Å². The lowest BCUT2D eigenvalue weighted by Gasteiger charge is -2.27. The number of aliphatic hydroxyl groups is 1. The third kappa shape index (κ3) is 4.02. The number of ketones is 1. The van der Waals surface area contributed by atoms with Crippen LogP contribution in [0.5, 0.6) is 0 Å². The van der Waals surface area contributed by atoms with E-state index in [0.29, 0.717) is 10.7 Å². The van der Waals surface area contributed by atoms with E-state index in [1.807, 2.05) is 0 Å². The average Bonchev–Trinajstić information content (AvgIpc) is 3.23. The number of halogens is 4. The van der Waals surface area contributed by atoms with Gasteiger partial charge < -0.3 is 5.11 Å². The molecule has 170 valence electrons. The molecule has 5 nitrogen and oxygen atoms in total. The quantitative estimate of drug-likeness (QED) is 0.387. The number of benzene rings is 2. The Morgan fingerprint density at radius 2 is 1.79 bits per heavy atom. The lowest BCUT2D eigenvalue weighted by molar-refractivity contribution is -0.137. The van der Waals surface area contributed by atoms with E-state index in [2.05, 4.69) is 4.98 Å². The molecule has 1 atom stereocenters. The van der Waals surface area contributed by atoms with Crippen molar-refractivity contribution in [2.24, 2.45) is 0 Å². The molecular weight excluding hydrogens is 460 g/mol. The molecular formula is C23H16F4N2O3S. The number of carbonyl (C=O) groups excluding carboxylic acids is 2. The number of hydrogen-bond acceptors (Lipinski definition) is 5. The summed E-state index contributed by atoms with van der Waals surface area (Å²) < 4.78 is 53.5. The van der Waals surface area contributed by atoms with Crippen molar-refractivity contribution in [2.75, 3.05) is 4.90 Å². The Labute approximate surface area is 189 Å². The minimum absolute atomic E-state index is 0.171. The van der Waals surface area contributed by atoms with Gasteiger partial charge in [0, 0.05) is 5.69 Å². The summed E-state index contributed by atoms with van der Waals surface area (Å²) >= 11 is 1.07. The summed E-state index contributed by atoms with van der Waals surface area (Å²) in [6.07, 6.45) is -4.67. The maximum Gasteiger partial charge on any atom is 0.416 e. The summed E-state index contributed by atoms with van der Waals surface area (Å²) in [5.41, 5.74) is -0.843. The Hall–Kier alpha value is -3.53. The second-order valence-electron chi connectivity index (χ2n) is 7.42. The first-order valence-corrected chi connectivity index (χ1v) is 10.5.